The van der Waals surface area contributed by atoms with Gasteiger partial charge in [0.05, 0.1) is 5.69 Å². The van der Waals surface area contributed by atoms with Crippen LogP contribution >= 0.6 is 27.5 Å². The van der Waals surface area contributed by atoms with Gasteiger partial charge in [-0.1, -0.05) is 39.7 Å². The molecular formula is C19H12BrClFN3. The van der Waals surface area contributed by atoms with Gasteiger partial charge in [0.2, 0.25) is 0 Å². The van der Waals surface area contributed by atoms with Crippen LogP contribution < -0.4 is 5.73 Å². The predicted molar refractivity (Wildman–Crippen MR) is 102 cm³/mol. The van der Waals surface area contributed by atoms with Crippen molar-refractivity contribution in [3.8, 4) is 28.5 Å². The zero-order valence-corrected chi connectivity index (χ0v) is 15.5. The van der Waals surface area contributed by atoms with E-state index in [-0.39, 0.29) is 11.4 Å². The van der Waals surface area contributed by atoms with Crippen molar-refractivity contribution in [3.05, 3.63) is 68.9 Å². The molecule has 2 aromatic carbocycles. The van der Waals surface area contributed by atoms with Gasteiger partial charge >= 0.3 is 0 Å². The Morgan fingerprint density at radius 1 is 1.24 bits per heavy atom. The average Bonchev–Trinajstić information content (AvgIpc) is 2.58. The number of hydrogen-bond acceptors (Lipinski definition) is 3. The number of nitrogens with zero attached hydrogens (tertiary/aromatic N) is 2. The molecule has 0 bridgehead atoms. The molecule has 1 heterocycles. The number of hydrogen-bond donors (Lipinski definition) is 1. The minimum absolute atomic E-state index is 0.0532. The lowest BCUT2D eigenvalue weighted by Crippen LogP contribution is -2.04. The molecule has 0 aliphatic carbocycles. The number of pyridine rings is 1. The van der Waals surface area contributed by atoms with Crippen LogP contribution in [0.4, 0.5) is 10.2 Å². The summed E-state index contributed by atoms with van der Waals surface area (Å²) in [5, 5.41) is 10.1. The van der Waals surface area contributed by atoms with Crippen molar-refractivity contribution in [1.82, 2.24) is 4.98 Å². The SMILES string of the molecule is Cc1c(-c2cccc(Cl)c2)nc(N)c(C#N)c1-c1cc(Br)ccc1F. The van der Waals surface area contributed by atoms with E-state index in [0.717, 1.165) is 5.56 Å². The van der Waals surface area contributed by atoms with E-state index in [1.165, 1.54) is 6.07 Å². The molecule has 0 aliphatic heterocycles. The number of nitrogens with two attached hydrogens (primary N) is 1. The van der Waals surface area contributed by atoms with Crippen molar-refractivity contribution in [2.45, 2.75) is 6.92 Å². The molecule has 0 amide bonds. The molecule has 0 atom stereocenters. The van der Waals surface area contributed by atoms with Gasteiger partial charge in [0, 0.05) is 26.2 Å². The molecule has 0 radical (unpaired) electrons. The van der Waals surface area contributed by atoms with Crippen LogP contribution in [-0.2, 0) is 0 Å². The van der Waals surface area contributed by atoms with Crippen molar-refractivity contribution in [2.24, 2.45) is 0 Å². The highest BCUT2D eigenvalue weighted by molar-refractivity contribution is 9.10. The summed E-state index contributed by atoms with van der Waals surface area (Å²) in [6, 6.07) is 13.8. The van der Waals surface area contributed by atoms with Crippen LogP contribution in [0.1, 0.15) is 11.1 Å². The van der Waals surface area contributed by atoms with E-state index < -0.39 is 5.82 Å². The number of nitrogen functional groups attached to an aromatic ring is 1. The lowest BCUT2D eigenvalue weighted by atomic mass is 9.92. The van der Waals surface area contributed by atoms with Gasteiger partial charge in [0.25, 0.3) is 0 Å². The number of rotatable bonds is 2. The molecule has 0 aliphatic rings. The number of anilines is 1. The molecule has 3 rings (SSSR count). The monoisotopic (exact) mass is 415 g/mol. The largest absolute Gasteiger partial charge is 0.383 e. The number of nitriles is 1. The molecule has 0 saturated heterocycles. The van der Waals surface area contributed by atoms with E-state index in [1.54, 1.807) is 37.3 Å². The quantitative estimate of drug-likeness (QED) is 0.580. The van der Waals surface area contributed by atoms with Gasteiger partial charge in [-0.05, 0) is 42.8 Å². The Morgan fingerprint density at radius 3 is 2.68 bits per heavy atom. The average molecular weight is 417 g/mol. The van der Waals surface area contributed by atoms with Gasteiger partial charge < -0.3 is 5.73 Å². The minimum atomic E-state index is -0.439. The van der Waals surface area contributed by atoms with Gasteiger partial charge in [0.1, 0.15) is 23.3 Å². The Labute approximate surface area is 158 Å². The lowest BCUT2D eigenvalue weighted by molar-refractivity contribution is 0.631. The number of benzene rings is 2. The van der Waals surface area contributed by atoms with E-state index in [9.17, 15) is 9.65 Å². The van der Waals surface area contributed by atoms with Gasteiger partial charge in [-0.2, -0.15) is 5.26 Å². The van der Waals surface area contributed by atoms with Crippen LogP contribution in [-0.4, -0.2) is 4.98 Å². The topological polar surface area (TPSA) is 62.7 Å². The first-order chi connectivity index (χ1) is 11.9. The smallest absolute Gasteiger partial charge is 0.142 e. The molecule has 6 heteroatoms. The lowest BCUT2D eigenvalue weighted by Gasteiger charge is -2.16. The van der Waals surface area contributed by atoms with Gasteiger partial charge in [-0.25, -0.2) is 9.37 Å². The third kappa shape index (κ3) is 3.23. The van der Waals surface area contributed by atoms with Crippen molar-refractivity contribution >= 4 is 33.3 Å². The summed E-state index contributed by atoms with van der Waals surface area (Å²) in [4.78, 5) is 4.36. The maximum absolute atomic E-state index is 14.5. The van der Waals surface area contributed by atoms with E-state index in [0.29, 0.717) is 31.9 Å². The molecule has 0 saturated carbocycles. The molecular weight excluding hydrogens is 405 g/mol. The molecule has 3 nitrogen and oxygen atoms in total. The third-order valence-electron chi connectivity index (χ3n) is 3.88. The van der Waals surface area contributed by atoms with E-state index in [1.807, 2.05) is 12.1 Å². The third-order valence-corrected chi connectivity index (χ3v) is 4.60. The van der Waals surface area contributed by atoms with Crippen LogP contribution in [0.3, 0.4) is 0 Å². The van der Waals surface area contributed by atoms with Crippen LogP contribution in [0.15, 0.2) is 46.9 Å². The van der Waals surface area contributed by atoms with E-state index in [4.69, 9.17) is 17.3 Å². The molecule has 2 N–H and O–H groups in total. The van der Waals surface area contributed by atoms with E-state index in [2.05, 4.69) is 20.9 Å². The highest BCUT2D eigenvalue weighted by Gasteiger charge is 2.20. The fourth-order valence-corrected chi connectivity index (χ4v) is 3.30. The van der Waals surface area contributed by atoms with Gasteiger partial charge in [0.15, 0.2) is 0 Å². The Morgan fingerprint density at radius 2 is 2.00 bits per heavy atom. The van der Waals surface area contributed by atoms with Gasteiger partial charge in [-0.3, -0.25) is 0 Å². The molecule has 124 valence electrons. The Balaban J connectivity index is 2.38. The van der Waals surface area contributed by atoms with Crippen molar-refractivity contribution in [1.29, 1.82) is 5.26 Å². The zero-order valence-electron chi connectivity index (χ0n) is 13.1. The predicted octanol–water partition coefficient (Wildman–Crippen LogP) is 5.73. The summed E-state index contributed by atoms with van der Waals surface area (Å²) in [7, 11) is 0. The van der Waals surface area contributed by atoms with Gasteiger partial charge in [-0.15, -0.1) is 0 Å². The Bertz CT molecular complexity index is 1030. The first-order valence-electron chi connectivity index (χ1n) is 7.34. The van der Waals surface area contributed by atoms with Crippen molar-refractivity contribution in [3.63, 3.8) is 0 Å². The summed E-state index contributed by atoms with van der Waals surface area (Å²) in [5.74, 6) is -0.386. The standard InChI is InChI=1S/C19H12BrClFN3/c1-10-17(14-8-12(20)5-6-16(14)22)15(9-23)19(24)25-18(10)11-3-2-4-13(21)7-11/h2-8H,1H3,(H2,24,25). The normalized spacial score (nSPS) is 10.5. The zero-order chi connectivity index (χ0) is 18.1. The first kappa shape index (κ1) is 17.4. The highest BCUT2D eigenvalue weighted by Crippen LogP contribution is 2.38. The van der Waals surface area contributed by atoms with Crippen molar-refractivity contribution in [2.75, 3.05) is 5.73 Å². The summed E-state index contributed by atoms with van der Waals surface area (Å²) in [6.45, 7) is 1.79. The fourth-order valence-electron chi connectivity index (χ4n) is 2.75. The molecule has 0 spiro atoms. The maximum atomic E-state index is 14.5. The Hall–Kier alpha value is -2.42. The summed E-state index contributed by atoms with van der Waals surface area (Å²) < 4.78 is 15.2. The molecule has 25 heavy (non-hydrogen) atoms. The van der Waals surface area contributed by atoms with Crippen molar-refractivity contribution < 1.29 is 4.39 Å². The maximum Gasteiger partial charge on any atom is 0.142 e. The summed E-state index contributed by atoms with van der Waals surface area (Å²) in [5.41, 5.74) is 8.85. The summed E-state index contributed by atoms with van der Waals surface area (Å²) >= 11 is 9.41. The van der Waals surface area contributed by atoms with Crippen LogP contribution in [0.2, 0.25) is 5.02 Å². The number of aromatic nitrogens is 1. The highest BCUT2D eigenvalue weighted by atomic mass is 79.9. The second kappa shape index (κ2) is 6.83. The minimum Gasteiger partial charge on any atom is -0.383 e. The fraction of sp³-hybridized carbons (Fsp3) is 0.0526. The second-order valence-corrected chi connectivity index (χ2v) is 6.82. The molecule has 0 unspecified atom stereocenters. The van der Waals surface area contributed by atoms with Crippen LogP contribution in [0.5, 0.6) is 0 Å². The molecule has 1 aromatic heterocycles. The number of halogens is 3. The molecule has 3 aromatic rings. The summed E-state index contributed by atoms with van der Waals surface area (Å²) in [6.07, 6.45) is 0. The molecule has 0 fully saturated rings. The Kier molecular flexibility index (Phi) is 4.76. The first-order valence-corrected chi connectivity index (χ1v) is 8.51. The van der Waals surface area contributed by atoms with Crippen LogP contribution in [0.25, 0.3) is 22.4 Å². The van der Waals surface area contributed by atoms with Crippen LogP contribution in [0, 0.1) is 24.1 Å². The second-order valence-electron chi connectivity index (χ2n) is 5.47. The van der Waals surface area contributed by atoms with E-state index >= 15 is 0 Å².